The first-order chi connectivity index (χ1) is 7.54. The Bertz CT molecular complexity index is 381. The summed E-state index contributed by atoms with van der Waals surface area (Å²) in [6, 6.07) is 5.22. The molecule has 1 atom stereocenters. The van der Waals surface area contributed by atoms with Gasteiger partial charge in [-0.3, -0.25) is 0 Å². The van der Waals surface area contributed by atoms with Crippen molar-refractivity contribution in [3.05, 3.63) is 28.8 Å². The highest BCUT2D eigenvalue weighted by Gasteiger charge is 2.14. The van der Waals surface area contributed by atoms with Gasteiger partial charge in [-0.2, -0.15) is 0 Å². The predicted octanol–water partition coefficient (Wildman–Crippen LogP) is 1.69. The molecule has 5 heteroatoms. The summed E-state index contributed by atoms with van der Waals surface area (Å²) >= 11 is 5.96. The average Bonchev–Trinajstić information content (AvgIpc) is 2.22. The van der Waals surface area contributed by atoms with E-state index < -0.39 is 12.1 Å². The third-order valence-corrected chi connectivity index (χ3v) is 2.38. The van der Waals surface area contributed by atoms with E-state index in [1.54, 1.807) is 12.1 Å². The van der Waals surface area contributed by atoms with Gasteiger partial charge in [0.15, 0.2) is 6.10 Å². The average molecular weight is 244 g/mol. The summed E-state index contributed by atoms with van der Waals surface area (Å²) in [5.41, 5.74) is 6.42. The molecule has 1 aromatic rings. The van der Waals surface area contributed by atoms with Gasteiger partial charge >= 0.3 is 5.97 Å². The zero-order valence-corrected chi connectivity index (χ0v) is 9.70. The number of hydrogen-bond acceptors (Lipinski definition) is 3. The molecule has 0 heterocycles. The molecule has 0 spiro atoms. The zero-order valence-electron chi connectivity index (χ0n) is 8.94. The molecule has 0 bridgehead atoms. The minimum absolute atomic E-state index is 0.373. The molecule has 1 rings (SSSR count). The Morgan fingerprint density at radius 2 is 2.31 bits per heavy atom. The van der Waals surface area contributed by atoms with E-state index >= 15 is 0 Å². The van der Waals surface area contributed by atoms with Crippen LogP contribution in [-0.4, -0.2) is 23.7 Å². The molecule has 88 valence electrons. The Balaban J connectivity index is 2.78. The largest absolute Gasteiger partial charge is 0.479 e. The quantitative estimate of drug-likeness (QED) is 0.826. The maximum Gasteiger partial charge on any atom is 0.344 e. The second-order valence-electron chi connectivity index (χ2n) is 3.40. The number of benzene rings is 1. The molecule has 0 aliphatic rings. The number of carboxylic acids is 1. The van der Waals surface area contributed by atoms with Gasteiger partial charge in [-0.05, 0) is 37.6 Å². The van der Waals surface area contributed by atoms with Crippen LogP contribution in [0.15, 0.2) is 18.2 Å². The minimum atomic E-state index is -1.03. The summed E-state index contributed by atoms with van der Waals surface area (Å²) in [6.45, 7) is 1.99. The van der Waals surface area contributed by atoms with Crippen molar-refractivity contribution in [3.63, 3.8) is 0 Å². The first-order valence-electron chi connectivity index (χ1n) is 4.92. The van der Waals surface area contributed by atoms with Crippen LogP contribution in [0.4, 0.5) is 0 Å². The van der Waals surface area contributed by atoms with Crippen LogP contribution >= 0.6 is 11.6 Å². The second-order valence-corrected chi connectivity index (χ2v) is 3.81. The highest BCUT2D eigenvalue weighted by Crippen LogP contribution is 2.26. The van der Waals surface area contributed by atoms with E-state index in [-0.39, 0.29) is 0 Å². The monoisotopic (exact) mass is 243 g/mol. The third kappa shape index (κ3) is 3.40. The maximum absolute atomic E-state index is 10.6. The number of rotatable bonds is 5. The first-order valence-corrected chi connectivity index (χ1v) is 5.30. The maximum atomic E-state index is 10.6. The lowest BCUT2D eigenvalue weighted by Crippen LogP contribution is -2.23. The van der Waals surface area contributed by atoms with Crippen molar-refractivity contribution in [2.45, 2.75) is 19.4 Å². The lowest BCUT2D eigenvalue weighted by molar-refractivity contribution is -0.144. The molecule has 1 unspecified atom stereocenters. The molecule has 0 fully saturated rings. The van der Waals surface area contributed by atoms with Crippen molar-refractivity contribution in [3.8, 4) is 5.75 Å². The summed E-state index contributed by atoms with van der Waals surface area (Å²) in [7, 11) is 0. The molecule has 0 amide bonds. The second kappa shape index (κ2) is 5.72. The van der Waals surface area contributed by atoms with Crippen LogP contribution in [-0.2, 0) is 11.2 Å². The van der Waals surface area contributed by atoms with Gasteiger partial charge in [0.2, 0.25) is 0 Å². The highest BCUT2D eigenvalue weighted by atomic mass is 35.5. The molecule has 3 N–H and O–H groups in total. The highest BCUT2D eigenvalue weighted by molar-refractivity contribution is 6.32. The van der Waals surface area contributed by atoms with E-state index in [2.05, 4.69) is 0 Å². The molecular weight excluding hydrogens is 230 g/mol. The van der Waals surface area contributed by atoms with E-state index in [0.717, 1.165) is 12.0 Å². The van der Waals surface area contributed by atoms with Crippen LogP contribution in [0.2, 0.25) is 5.02 Å². The van der Waals surface area contributed by atoms with Crippen molar-refractivity contribution >= 4 is 17.6 Å². The topological polar surface area (TPSA) is 72.5 Å². The summed E-state index contributed by atoms with van der Waals surface area (Å²) in [6.07, 6.45) is -0.188. The molecule has 0 aliphatic carbocycles. The summed E-state index contributed by atoms with van der Waals surface area (Å²) in [5.74, 6) is -0.653. The molecule has 0 radical (unpaired) electrons. The van der Waals surface area contributed by atoms with Gasteiger partial charge < -0.3 is 15.6 Å². The fraction of sp³-hybridized carbons (Fsp3) is 0.364. The smallest absolute Gasteiger partial charge is 0.344 e. The Morgan fingerprint density at radius 3 is 2.81 bits per heavy atom. The Morgan fingerprint density at radius 1 is 1.62 bits per heavy atom. The Kier molecular flexibility index (Phi) is 4.58. The number of ether oxygens (including phenoxy) is 1. The van der Waals surface area contributed by atoms with Crippen molar-refractivity contribution in [1.82, 2.24) is 0 Å². The number of carboxylic acid groups (broad SMARTS) is 1. The molecule has 16 heavy (non-hydrogen) atoms. The molecule has 1 aromatic carbocycles. The molecule has 0 saturated heterocycles. The number of carbonyl (C=O) groups is 1. The summed E-state index contributed by atoms with van der Waals surface area (Å²) in [4.78, 5) is 10.6. The van der Waals surface area contributed by atoms with Gasteiger partial charge in [0.1, 0.15) is 5.75 Å². The number of hydrogen-bond donors (Lipinski definition) is 2. The van der Waals surface area contributed by atoms with Crippen LogP contribution in [0.25, 0.3) is 0 Å². The lowest BCUT2D eigenvalue weighted by atomic mass is 10.1. The van der Waals surface area contributed by atoms with Gasteiger partial charge in [-0.1, -0.05) is 17.7 Å². The van der Waals surface area contributed by atoms with E-state index in [1.165, 1.54) is 6.92 Å². The van der Waals surface area contributed by atoms with Crippen molar-refractivity contribution in [2.24, 2.45) is 5.73 Å². The van der Waals surface area contributed by atoms with Gasteiger partial charge in [0, 0.05) is 0 Å². The van der Waals surface area contributed by atoms with Gasteiger partial charge in [0.25, 0.3) is 0 Å². The van der Waals surface area contributed by atoms with Crippen LogP contribution in [0.3, 0.4) is 0 Å². The van der Waals surface area contributed by atoms with E-state index in [4.69, 9.17) is 27.2 Å². The van der Waals surface area contributed by atoms with E-state index in [0.29, 0.717) is 17.3 Å². The van der Waals surface area contributed by atoms with Crippen LogP contribution in [0.5, 0.6) is 5.75 Å². The van der Waals surface area contributed by atoms with Crippen molar-refractivity contribution in [1.29, 1.82) is 0 Å². The molecule has 0 saturated carbocycles. The number of halogens is 1. The molecule has 0 aliphatic heterocycles. The van der Waals surface area contributed by atoms with Gasteiger partial charge in [0.05, 0.1) is 5.02 Å². The molecule has 4 nitrogen and oxygen atoms in total. The normalized spacial score (nSPS) is 12.2. The van der Waals surface area contributed by atoms with Gasteiger partial charge in [-0.25, -0.2) is 4.79 Å². The standard InChI is InChI=1S/C11H14ClNO3/c1-7(11(14)15)16-10-3-2-8(4-5-13)6-9(10)12/h2-3,6-7H,4-5,13H2,1H3,(H,14,15). The van der Waals surface area contributed by atoms with Crippen LogP contribution in [0.1, 0.15) is 12.5 Å². The van der Waals surface area contributed by atoms with Crippen LogP contribution in [0, 0.1) is 0 Å². The number of aliphatic carboxylic acids is 1. The minimum Gasteiger partial charge on any atom is -0.479 e. The molecular formula is C11H14ClNO3. The van der Waals surface area contributed by atoms with E-state index in [9.17, 15) is 4.79 Å². The van der Waals surface area contributed by atoms with Crippen molar-refractivity contribution in [2.75, 3.05) is 6.54 Å². The fourth-order valence-corrected chi connectivity index (χ4v) is 1.45. The number of nitrogens with two attached hydrogens (primary N) is 1. The Hall–Kier alpha value is -1.26. The van der Waals surface area contributed by atoms with Crippen molar-refractivity contribution < 1.29 is 14.6 Å². The molecule has 0 aromatic heterocycles. The zero-order chi connectivity index (χ0) is 12.1. The Labute approximate surface area is 99.0 Å². The SMILES string of the molecule is CC(Oc1ccc(CCN)cc1Cl)C(=O)O. The third-order valence-electron chi connectivity index (χ3n) is 2.08. The van der Waals surface area contributed by atoms with Gasteiger partial charge in [-0.15, -0.1) is 0 Å². The fourth-order valence-electron chi connectivity index (χ4n) is 1.20. The summed E-state index contributed by atoms with van der Waals surface area (Å²) in [5, 5.41) is 9.09. The van der Waals surface area contributed by atoms with Crippen LogP contribution < -0.4 is 10.5 Å². The van der Waals surface area contributed by atoms with E-state index in [1.807, 2.05) is 6.07 Å². The predicted molar refractivity (Wildman–Crippen MR) is 61.9 cm³/mol. The lowest BCUT2D eigenvalue weighted by Gasteiger charge is -2.12. The first kappa shape index (κ1) is 12.8. The summed E-state index contributed by atoms with van der Waals surface area (Å²) < 4.78 is 5.18.